The zero-order chi connectivity index (χ0) is 88.3. The summed E-state index contributed by atoms with van der Waals surface area (Å²) in [4.78, 5) is 116. The van der Waals surface area contributed by atoms with E-state index in [0.29, 0.717) is 88.5 Å². The average Bonchev–Trinajstić information content (AvgIpc) is 1.49. The molecule has 13 rings (SSSR count). The van der Waals surface area contributed by atoms with Gasteiger partial charge in [0.05, 0.1) is 86.0 Å². The number of ketones is 6. The number of aromatic nitrogens is 6. The van der Waals surface area contributed by atoms with Crippen molar-refractivity contribution in [2.75, 3.05) is 14.2 Å². The van der Waals surface area contributed by atoms with Crippen LogP contribution in [0.25, 0.3) is 54.8 Å². The largest absolute Gasteiger partial charge is 0.481 e. The normalized spacial score (nSPS) is 11.0. The van der Waals surface area contributed by atoms with E-state index in [2.05, 4.69) is 58.5 Å². The molecule has 0 saturated carbocycles. The first kappa shape index (κ1) is 96.2. The lowest BCUT2D eigenvalue weighted by Crippen LogP contribution is -2.44. The molecule has 27 heteroatoms. The zero-order valence-corrected chi connectivity index (χ0v) is 72.4. The number of halogens is 2. The number of nitrogens with two attached hydrogens (primary N) is 1. The molecule has 0 aliphatic rings. The maximum atomic E-state index is 14.3. The third-order valence-electron chi connectivity index (χ3n) is 19.8. The molecule has 0 amide bonds. The second-order valence-electron chi connectivity index (χ2n) is 30.4. The summed E-state index contributed by atoms with van der Waals surface area (Å²) in [5.74, 6) is -0.996. The van der Waals surface area contributed by atoms with Crippen molar-refractivity contribution in [3.05, 3.63) is 233 Å². The number of hydrogen-bond acceptors (Lipinski definition) is 21. The number of ether oxygens (including phenoxy) is 2. The first-order valence-corrected chi connectivity index (χ1v) is 40.9. The number of benzene rings is 5. The van der Waals surface area contributed by atoms with E-state index in [4.69, 9.17) is 56.1 Å². The van der Waals surface area contributed by atoms with E-state index in [0.717, 1.165) is 130 Å². The zero-order valence-electron chi connectivity index (χ0n) is 70.9. The predicted octanol–water partition coefficient (Wildman–Crippen LogP) is 18.4. The topological polar surface area (TPSA) is 355 Å². The fourth-order valence-corrected chi connectivity index (χ4v) is 13.5. The number of furan rings is 5. The number of aryl methyl sites for hydroxylation is 10. The maximum absolute atomic E-state index is 14.3. The van der Waals surface area contributed by atoms with E-state index < -0.39 is 35.0 Å². The summed E-state index contributed by atoms with van der Waals surface area (Å²) >= 11 is 10.4. The van der Waals surface area contributed by atoms with Crippen LogP contribution in [-0.4, -0.2) is 107 Å². The number of nitrogens with zero attached hydrogens (tertiary/aromatic N) is 6. The highest BCUT2D eigenvalue weighted by molar-refractivity contribution is 6.64. The summed E-state index contributed by atoms with van der Waals surface area (Å²) in [6.07, 6.45) is 14.4. The lowest BCUT2D eigenvalue weighted by Gasteiger charge is -2.32. The van der Waals surface area contributed by atoms with Crippen molar-refractivity contribution in [3.63, 3.8) is 0 Å². The van der Waals surface area contributed by atoms with Gasteiger partial charge in [0.1, 0.15) is 81.9 Å². The predicted molar refractivity (Wildman–Crippen MR) is 465 cm³/mol. The van der Waals surface area contributed by atoms with Gasteiger partial charge in [-0.3, -0.25) is 62.0 Å². The van der Waals surface area contributed by atoms with Crippen LogP contribution in [0, 0.1) is 38.0 Å². The van der Waals surface area contributed by atoms with Crippen LogP contribution >= 0.6 is 23.2 Å². The Labute approximate surface area is 713 Å². The third-order valence-corrected chi connectivity index (χ3v) is 20.2. The Kier molecular flexibility index (Phi) is 38.4. The number of alkyl halides is 1. The van der Waals surface area contributed by atoms with Crippen LogP contribution in [0.5, 0.6) is 0 Å². The smallest absolute Gasteiger partial charge is 0.314 e. The van der Waals surface area contributed by atoms with Gasteiger partial charge in [0.15, 0.2) is 0 Å². The number of fused-ring (bicyclic) bond motifs is 5. The highest BCUT2D eigenvalue weighted by Crippen LogP contribution is 2.36. The molecule has 642 valence electrons. The van der Waals surface area contributed by atoms with Crippen LogP contribution in [0.1, 0.15) is 167 Å². The molecule has 0 fully saturated rings. The number of carboxylic acid groups (broad SMARTS) is 1. The van der Waals surface area contributed by atoms with Crippen LogP contribution in [0.2, 0.25) is 0 Å². The Hall–Kier alpha value is -11.9. The van der Waals surface area contributed by atoms with Crippen LogP contribution in [0.4, 0.5) is 0 Å². The van der Waals surface area contributed by atoms with Crippen molar-refractivity contribution in [2.45, 2.75) is 176 Å². The summed E-state index contributed by atoms with van der Waals surface area (Å²) in [5.41, 5.74) is 19.5. The minimum atomic E-state index is -1.19. The van der Waals surface area contributed by atoms with Crippen LogP contribution in [0.15, 0.2) is 193 Å². The third kappa shape index (κ3) is 32.0. The first-order chi connectivity index (χ1) is 57.7. The van der Waals surface area contributed by atoms with E-state index in [1.165, 1.54) is 14.2 Å². The van der Waals surface area contributed by atoms with Crippen LogP contribution in [-0.2, 0) is 130 Å². The van der Waals surface area contributed by atoms with Gasteiger partial charge in [0, 0.05) is 117 Å². The molecule has 3 N–H and O–H groups in total. The number of aliphatic carboxylic acids is 1. The lowest BCUT2D eigenvalue weighted by atomic mass is 9.69. The molecule has 8 aromatic heterocycles. The summed E-state index contributed by atoms with van der Waals surface area (Å²) < 4.78 is 40.3. The van der Waals surface area contributed by atoms with Gasteiger partial charge in [-0.05, 0) is 220 Å². The van der Waals surface area contributed by atoms with Gasteiger partial charge < -0.3 is 42.4 Å². The van der Waals surface area contributed by atoms with Gasteiger partial charge in [-0.25, -0.2) is 0 Å². The molecular weight excluding hydrogens is 1590 g/mol. The minimum absolute atomic E-state index is 0.00851. The molecule has 0 atom stereocenters. The number of hydrogen-bond donors (Lipinski definition) is 2. The molecule has 0 radical (unpaired) electrons. The van der Waals surface area contributed by atoms with Gasteiger partial charge in [0.25, 0.3) is 0 Å². The Morgan fingerprint density at radius 3 is 1.02 bits per heavy atom. The number of esters is 2. The van der Waals surface area contributed by atoms with Crippen molar-refractivity contribution < 1.29 is 84.6 Å². The molecule has 0 spiro atoms. The number of carbonyl (C=O) groups is 10. The van der Waals surface area contributed by atoms with E-state index in [1.54, 1.807) is 45.4 Å². The molecule has 0 aliphatic carbocycles. The average molecular weight is 1700 g/mol. The minimum Gasteiger partial charge on any atom is -0.481 e. The Bertz CT molecular complexity index is 5560. The van der Waals surface area contributed by atoms with Gasteiger partial charge in [-0.15, -0.1) is 11.6 Å². The Balaban J connectivity index is 0.000000207. The molecule has 0 unspecified atom stereocenters. The molecule has 0 saturated heterocycles. The Morgan fingerprint density at radius 1 is 0.413 bits per heavy atom. The molecule has 8 heterocycles. The fourth-order valence-electron chi connectivity index (χ4n) is 13.1. The Morgan fingerprint density at radius 2 is 0.719 bits per heavy atom. The second kappa shape index (κ2) is 48.4. The van der Waals surface area contributed by atoms with E-state index in [9.17, 15) is 47.9 Å². The SMILES string of the molecule is CC(C)CCC(=O)CC(=O)CCc1ccc2occc2c1.COC(=O)CC(=O)CCc1ccc2occc2c1.COC(=O)CC(=O)Cl.Cc1cc(CC(Cc2cc(C)nn2C)(C(=O)CCc2ccc3occc3c2)C(=O)CCC(C)C)n(C)n1.Cc1cc(CCl)n(C)n1.NCc1ccc2occc2c1.O=C(O)CC(=O)CCc1ccc2occc2c1. The van der Waals surface area contributed by atoms with E-state index in [1.807, 2.05) is 175 Å². The summed E-state index contributed by atoms with van der Waals surface area (Å²) in [7, 11) is 8.13. The molecule has 121 heavy (non-hydrogen) atoms. The van der Waals surface area contributed by atoms with Crippen molar-refractivity contribution in [1.82, 2.24) is 29.3 Å². The number of rotatable bonds is 34. The quantitative estimate of drug-likeness (QED) is 0.0164. The highest BCUT2D eigenvalue weighted by atomic mass is 35.5. The lowest BCUT2D eigenvalue weighted by molar-refractivity contribution is -0.144. The number of carboxylic acids is 1. The molecule has 13 aromatic rings. The van der Waals surface area contributed by atoms with Crippen LogP contribution in [0.3, 0.4) is 0 Å². The van der Waals surface area contributed by atoms with Gasteiger partial charge in [0.2, 0.25) is 5.24 Å². The van der Waals surface area contributed by atoms with Crippen molar-refractivity contribution in [3.8, 4) is 0 Å². The maximum Gasteiger partial charge on any atom is 0.314 e. The molecule has 0 bridgehead atoms. The van der Waals surface area contributed by atoms with E-state index in [-0.39, 0.29) is 66.8 Å². The monoisotopic (exact) mass is 1690 g/mol. The number of Topliss-reactive ketones (excluding diaryl/α,β-unsaturated/α-hetero) is 6. The van der Waals surface area contributed by atoms with Gasteiger partial charge in [-0.1, -0.05) is 58.0 Å². The second-order valence-corrected chi connectivity index (χ2v) is 31.1. The molecule has 25 nitrogen and oxygen atoms in total. The van der Waals surface area contributed by atoms with Crippen molar-refractivity contribution in [2.24, 2.45) is 44.1 Å². The van der Waals surface area contributed by atoms with Crippen molar-refractivity contribution in [1.29, 1.82) is 0 Å². The number of methoxy groups -OCH3 is 2. The highest BCUT2D eigenvalue weighted by Gasteiger charge is 2.46. The summed E-state index contributed by atoms with van der Waals surface area (Å²) in [5, 5.41) is 26.1. The fraction of sp³-hybridized carbons (Fsp3) is 0.372. The summed E-state index contributed by atoms with van der Waals surface area (Å²) in [6.45, 7) is 14.8. The molecular formula is C94H109Cl2N7O18. The summed E-state index contributed by atoms with van der Waals surface area (Å²) in [6, 6.07) is 44.8. The first-order valence-electron chi connectivity index (χ1n) is 40.0. The van der Waals surface area contributed by atoms with Gasteiger partial charge in [-0.2, -0.15) is 15.3 Å². The molecule has 0 aliphatic heterocycles. The standard InChI is InChI=1S/C30H38N4O3.C18H22O3.C14H14O4.C13H12O4.C9H9NO.C6H9ClN2.C4H5ClO3/c1-20(2)7-11-28(35)30(18-25-15-21(3)31-33(25)5,19-26-16-22(4)32-34(26)6)29(36)12-9-23-8-10-27-24(17-23)13-14-37-27;1-13(2)3-6-16(19)12-17(20)7-4-14-5-8-18-15(11-14)9-10-21-18;1-17-14(16)9-12(15)4-2-10-3-5-13-11(8-10)6-7-18-13;14-11(8-13(15)16)3-1-9-2-4-12-10(7-9)5-6-17-12;10-6-7-1-2-9-8(5-7)3-4-11-9;1-5-3-6(4-7)9(2)8-5;1-8-4(7)2-3(5)6/h8,10,13-17,20H,7,9,11-12,18-19H2,1-6H3;5,8-11,13H,3-4,6-7,12H2,1-2H3;3,5-8H,2,4,9H2,1H3;2,4-7H,1,3,8H2,(H,15,16);1-5H,6,10H2;3H,4H2,1-2H3;2H2,1H3. The van der Waals surface area contributed by atoms with Crippen molar-refractivity contribution >= 4 is 136 Å². The van der Waals surface area contributed by atoms with E-state index >= 15 is 0 Å². The van der Waals surface area contributed by atoms with Crippen LogP contribution < -0.4 is 5.73 Å². The number of carbonyl (C=O) groups excluding carboxylic acids is 9. The van der Waals surface area contributed by atoms with Gasteiger partial charge >= 0.3 is 17.9 Å². The molecule has 5 aromatic carbocycles.